The molecule has 2 aliphatic heterocycles. The second-order valence-corrected chi connectivity index (χ2v) is 6.17. The molecule has 0 radical (unpaired) electrons. The molecule has 0 aromatic heterocycles. The van der Waals surface area contributed by atoms with Crippen molar-refractivity contribution in [3.63, 3.8) is 0 Å². The Kier molecular flexibility index (Phi) is 7.28. The van der Waals surface area contributed by atoms with Gasteiger partial charge in [0.15, 0.2) is 0 Å². The van der Waals surface area contributed by atoms with Gasteiger partial charge in [-0.05, 0) is 38.8 Å². The summed E-state index contributed by atoms with van der Waals surface area (Å²) in [7, 11) is 0. The highest BCUT2D eigenvalue weighted by Gasteiger charge is 2.34. The van der Waals surface area contributed by atoms with Gasteiger partial charge in [0.05, 0.1) is 19.3 Å². The monoisotopic (exact) mass is 284 g/mol. The third-order valence-electron chi connectivity index (χ3n) is 4.45. The van der Waals surface area contributed by atoms with E-state index in [1.807, 2.05) is 0 Å². The summed E-state index contributed by atoms with van der Waals surface area (Å²) in [6.07, 6.45) is 5.20. The predicted octanol–water partition coefficient (Wildman–Crippen LogP) is 1.89. The minimum absolute atomic E-state index is 0.327. The first-order chi connectivity index (χ1) is 9.85. The molecule has 2 fully saturated rings. The predicted molar refractivity (Wildman–Crippen MR) is 82.1 cm³/mol. The molecule has 0 saturated carbocycles. The highest BCUT2D eigenvalue weighted by Crippen LogP contribution is 2.23. The number of ether oxygens (including phenoxy) is 2. The molecule has 20 heavy (non-hydrogen) atoms. The summed E-state index contributed by atoms with van der Waals surface area (Å²) in [6, 6.07) is 0.454. The molecule has 3 unspecified atom stereocenters. The summed E-state index contributed by atoms with van der Waals surface area (Å²) in [6.45, 7) is 11.6. The Labute approximate surface area is 124 Å². The van der Waals surface area contributed by atoms with Crippen LogP contribution in [0.3, 0.4) is 0 Å². The fraction of sp³-hybridized carbons (Fsp3) is 1.00. The number of hydrogen-bond donors (Lipinski definition) is 1. The van der Waals surface area contributed by atoms with Gasteiger partial charge in [-0.25, -0.2) is 0 Å². The van der Waals surface area contributed by atoms with Crippen molar-refractivity contribution in [3.8, 4) is 0 Å². The number of nitrogens with one attached hydrogen (secondary N) is 1. The van der Waals surface area contributed by atoms with Crippen LogP contribution >= 0.6 is 0 Å². The van der Waals surface area contributed by atoms with Gasteiger partial charge in [-0.1, -0.05) is 13.8 Å². The van der Waals surface area contributed by atoms with E-state index in [0.29, 0.717) is 18.1 Å². The fourth-order valence-electron chi connectivity index (χ4n) is 3.43. The lowest BCUT2D eigenvalue weighted by atomic mass is 9.89. The van der Waals surface area contributed by atoms with Crippen molar-refractivity contribution in [2.24, 2.45) is 5.92 Å². The first-order valence-corrected chi connectivity index (χ1v) is 8.50. The van der Waals surface area contributed by atoms with Crippen LogP contribution in [0.2, 0.25) is 0 Å². The van der Waals surface area contributed by atoms with E-state index in [4.69, 9.17) is 9.47 Å². The van der Waals surface area contributed by atoms with E-state index in [1.54, 1.807) is 0 Å². The van der Waals surface area contributed by atoms with Crippen molar-refractivity contribution in [1.82, 2.24) is 10.2 Å². The summed E-state index contributed by atoms with van der Waals surface area (Å²) in [4.78, 5) is 2.55. The summed E-state index contributed by atoms with van der Waals surface area (Å²) in [5.74, 6) is 0.613. The third kappa shape index (κ3) is 4.69. The van der Waals surface area contributed by atoms with E-state index >= 15 is 0 Å². The van der Waals surface area contributed by atoms with Crippen LogP contribution in [0.25, 0.3) is 0 Å². The largest absolute Gasteiger partial charge is 0.381 e. The van der Waals surface area contributed by atoms with Gasteiger partial charge in [-0.3, -0.25) is 4.90 Å². The molecule has 2 rings (SSSR count). The molecule has 2 heterocycles. The standard InChI is InChI=1S/C16H32N2O2/c1-3-7-17-16(14-6-5-10-19-13-14)15-12-18(8-4-2)9-11-20-15/h14-17H,3-13H2,1-2H3. The molecule has 0 aromatic carbocycles. The topological polar surface area (TPSA) is 33.7 Å². The fourth-order valence-corrected chi connectivity index (χ4v) is 3.43. The minimum atomic E-state index is 0.327. The van der Waals surface area contributed by atoms with Gasteiger partial charge in [0, 0.05) is 31.7 Å². The lowest BCUT2D eigenvalue weighted by molar-refractivity contribution is -0.0719. The number of nitrogens with zero attached hydrogens (tertiary/aromatic N) is 1. The van der Waals surface area contributed by atoms with Crippen molar-refractivity contribution < 1.29 is 9.47 Å². The Balaban J connectivity index is 1.93. The summed E-state index contributed by atoms with van der Waals surface area (Å²) in [5, 5.41) is 3.74. The van der Waals surface area contributed by atoms with Gasteiger partial charge in [0.2, 0.25) is 0 Å². The Morgan fingerprint density at radius 3 is 2.85 bits per heavy atom. The van der Waals surface area contributed by atoms with Crippen LogP contribution in [0.15, 0.2) is 0 Å². The van der Waals surface area contributed by atoms with E-state index in [9.17, 15) is 0 Å². The molecule has 0 spiro atoms. The average molecular weight is 284 g/mol. The summed E-state index contributed by atoms with van der Waals surface area (Å²) >= 11 is 0. The van der Waals surface area contributed by atoms with Crippen LogP contribution in [0, 0.1) is 5.92 Å². The van der Waals surface area contributed by atoms with Crippen LogP contribution in [-0.4, -0.2) is 63.0 Å². The minimum Gasteiger partial charge on any atom is -0.381 e. The van der Waals surface area contributed by atoms with Crippen LogP contribution in [-0.2, 0) is 9.47 Å². The molecule has 4 heteroatoms. The third-order valence-corrected chi connectivity index (χ3v) is 4.45. The number of morpholine rings is 1. The van der Waals surface area contributed by atoms with Gasteiger partial charge in [-0.15, -0.1) is 0 Å². The molecule has 2 aliphatic rings. The first-order valence-electron chi connectivity index (χ1n) is 8.50. The smallest absolute Gasteiger partial charge is 0.0858 e. The lowest BCUT2D eigenvalue weighted by Gasteiger charge is -2.41. The highest BCUT2D eigenvalue weighted by atomic mass is 16.5. The molecule has 0 bridgehead atoms. The number of hydrogen-bond acceptors (Lipinski definition) is 4. The molecule has 3 atom stereocenters. The van der Waals surface area contributed by atoms with Crippen molar-refractivity contribution >= 4 is 0 Å². The zero-order valence-electron chi connectivity index (χ0n) is 13.3. The molecular formula is C16H32N2O2. The van der Waals surface area contributed by atoms with Crippen LogP contribution in [0.5, 0.6) is 0 Å². The molecule has 0 aliphatic carbocycles. The molecular weight excluding hydrogens is 252 g/mol. The SMILES string of the molecule is CCCNC(C1CCCOC1)C1CN(CCC)CCO1. The quantitative estimate of drug-likeness (QED) is 0.774. The molecule has 118 valence electrons. The van der Waals surface area contributed by atoms with Crippen molar-refractivity contribution in [1.29, 1.82) is 0 Å². The van der Waals surface area contributed by atoms with E-state index in [0.717, 1.165) is 39.5 Å². The molecule has 0 aromatic rings. The Morgan fingerprint density at radius 1 is 1.25 bits per heavy atom. The van der Waals surface area contributed by atoms with Crippen LogP contribution in [0.1, 0.15) is 39.5 Å². The van der Waals surface area contributed by atoms with E-state index < -0.39 is 0 Å². The van der Waals surface area contributed by atoms with Crippen LogP contribution < -0.4 is 5.32 Å². The van der Waals surface area contributed by atoms with Crippen LogP contribution in [0.4, 0.5) is 0 Å². The van der Waals surface area contributed by atoms with Gasteiger partial charge < -0.3 is 14.8 Å². The van der Waals surface area contributed by atoms with Gasteiger partial charge >= 0.3 is 0 Å². The van der Waals surface area contributed by atoms with Gasteiger partial charge in [-0.2, -0.15) is 0 Å². The molecule has 1 N–H and O–H groups in total. The summed E-state index contributed by atoms with van der Waals surface area (Å²) < 4.78 is 11.8. The van der Waals surface area contributed by atoms with Crippen molar-refractivity contribution in [2.45, 2.75) is 51.7 Å². The maximum atomic E-state index is 6.11. The molecule has 0 amide bonds. The lowest BCUT2D eigenvalue weighted by Crippen LogP contribution is -2.56. The maximum Gasteiger partial charge on any atom is 0.0858 e. The Hall–Kier alpha value is -0.160. The normalized spacial score (nSPS) is 30.3. The maximum absolute atomic E-state index is 6.11. The number of rotatable bonds is 7. The van der Waals surface area contributed by atoms with Crippen molar-refractivity contribution in [3.05, 3.63) is 0 Å². The van der Waals surface area contributed by atoms with E-state index in [1.165, 1.54) is 32.2 Å². The zero-order chi connectivity index (χ0) is 14.2. The van der Waals surface area contributed by atoms with Gasteiger partial charge in [0.25, 0.3) is 0 Å². The Morgan fingerprint density at radius 2 is 2.15 bits per heavy atom. The van der Waals surface area contributed by atoms with E-state index in [2.05, 4.69) is 24.1 Å². The highest BCUT2D eigenvalue weighted by molar-refractivity contribution is 4.89. The van der Waals surface area contributed by atoms with Gasteiger partial charge in [0.1, 0.15) is 0 Å². The average Bonchev–Trinajstić information content (AvgIpc) is 2.50. The van der Waals surface area contributed by atoms with E-state index in [-0.39, 0.29) is 0 Å². The second-order valence-electron chi connectivity index (χ2n) is 6.17. The molecule has 4 nitrogen and oxygen atoms in total. The Bertz CT molecular complexity index is 255. The summed E-state index contributed by atoms with van der Waals surface area (Å²) in [5.41, 5.74) is 0. The zero-order valence-corrected chi connectivity index (χ0v) is 13.3. The molecule has 2 saturated heterocycles. The second kappa shape index (κ2) is 8.98. The van der Waals surface area contributed by atoms with Crippen molar-refractivity contribution in [2.75, 3.05) is 46.0 Å². The first kappa shape index (κ1) is 16.2.